The minimum atomic E-state index is 0.268. The van der Waals surface area contributed by atoms with Gasteiger partial charge in [-0.3, -0.25) is 9.69 Å². The van der Waals surface area contributed by atoms with Gasteiger partial charge in [0.2, 0.25) is 5.91 Å². The third kappa shape index (κ3) is 4.94. The summed E-state index contributed by atoms with van der Waals surface area (Å²) in [6, 6.07) is 4.51. The van der Waals surface area contributed by atoms with Crippen LogP contribution in [0.5, 0.6) is 0 Å². The minimum absolute atomic E-state index is 0.268. The highest BCUT2D eigenvalue weighted by Crippen LogP contribution is 2.32. The second kappa shape index (κ2) is 9.94. The molecule has 4 rings (SSSR count). The standard InChI is InChI=1S/C22H33N5OS/c1-2-11-25-12-14-26(15-13-25)21(28)17-29-16-20-24-19-9-6-10-23-22(19)27(20)18-7-4-3-5-8-18/h6,9-10,18H,2-5,7-8,11-17H2,1H3. The molecule has 1 saturated carbocycles. The fraction of sp³-hybridized carbons (Fsp3) is 0.682. The molecular formula is C22H33N5OS. The van der Waals surface area contributed by atoms with Crippen molar-refractivity contribution in [3.8, 4) is 0 Å². The van der Waals surface area contributed by atoms with Gasteiger partial charge in [-0.15, -0.1) is 11.8 Å². The summed E-state index contributed by atoms with van der Waals surface area (Å²) in [5.74, 6) is 2.66. The van der Waals surface area contributed by atoms with E-state index in [-0.39, 0.29) is 5.91 Å². The summed E-state index contributed by atoms with van der Waals surface area (Å²) >= 11 is 1.70. The topological polar surface area (TPSA) is 54.3 Å². The molecule has 7 heteroatoms. The highest BCUT2D eigenvalue weighted by molar-refractivity contribution is 7.99. The largest absolute Gasteiger partial charge is 0.339 e. The summed E-state index contributed by atoms with van der Waals surface area (Å²) in [5.41, 5.74) is 1.99. The lowest BCUT2D eigenvalue weighted by atomic mass is 9.95. The molecule has 3 heterocycles. The Balaban J connectivity index is 1.36. The molecule has 0 bridgehead atoms. The molecule has 1 amide bonds. The molecule has 2 aromatic rings. The molecule has 2 aromatic heterocycles. The van der Waals surface area contributed by atoms with Crippen LogP contribution in [0.25, 0.3) is 11.2 Å². The maximum Gasteiger partial charge on any atom is 0.232 e. The lowest BCUT2D eigenvalue weighted by Crippen LogP contribution is -2.49. The highest BCUT2D eigenvalue weighted by Gasteiger charge is 2.23. The molecule has 0 atom stereocenters. The van der Waals surface area contributed by atoms with Crippen molar-refractivity contribution in [1.82, 2.24) is 24.3 Å². The van der Waals surface area contributed by atoms with Crippen LogP contribution in [0, 0.1) is 0 Å². The zero-order valence-electron chi connectivity index (χ0n) is 17.6. The zero-order chi connectivity index (χ0) is 20.1. The molecule has 1 aliphatic heterocycles. The first-order valence-electron chi connectivity index (χ1n) is 11.2. The van der Waals surface area contributed by atoms with Gasteiger partial charge in [-0.25, -0.2) is 9.97 Å². The van der Waals surface area contributed by atoms with Crippen molar-refractivity contribution in [2.24, 2.45) is 0 Å². The average molecular weight is 416 g/mol. The predicted molar refractivity (Wildman–Crippen MR) is 119 cm³/mol. The number of carbonyl (C=O) groups is 1. The number of hydrogen-bond donors (Lipinski definition) is 0. The van der Waals surface area contributed by atoms with Crippen molar-refractivity contribution < 1.29 is 4.79 Å². The van der Waals surface area contributed by atoms with Crippen molar-refractivity contribution in [3.05, 3.63) is 24.2 Å². The normalized spacial score (nSPS) is 19.1. The van der Waals surface area contributed by atoms with E-state index in [9.17, 15) is 4.79 Å². The van der Waals surface area contributed by atoms with Gasteiger partial charge in [0.1, 0.15) is 11.3 Å². The molecular weight excluding hydrogens is 382 g/mol. The van der Waals surface area contributed by atoms with E-state index in [4.69, 9.17) is 4.98 Å². The van der Waals surface area contributed by atoms with Crippen molar-refractivity contribution in [2.45, 2.75) is 57.2 Å². The van der Waals surface area contributed by atoms with Gasteiger partial charge in [-0.2, -0.15) is 0 Å². The van der Waals surface area contributed by atoms with E-state index in [1.165, 1.54) is 38.5 Å². The van der Waals surface area contributed by atoms with E-state index in [1.54, 1.807) is 11.8 Å². The Morgan fingerprint density at radius 1 is 1.17 bits per heavy atom. The summed E-state index contributed by atoms with van der Waals surface area (Å²) < 4.78 is 2.37. The molecule has 0 spiro atoms. The maximum atomic E-state index is 12.7. The second-order valence-electron chi connectivity index (χ2n) is 8.25. The minimum Gasteiger partial charge on any atom is -0.339 e. The van der Waals surface area contributed by atoms with Crippen LogP contribution in [0.2, 0.25) is 0 Å². The average Bonchev–Trinajstić information content (AvgIpc) is 3.13. The Labute approximate surface area is 178 Å². The van der Waals surface area contributed by atoms with E-state index in [1.807, 2.05) is 17.2 Å². The van der Waals surface area contributed by atoms with Gasteiger partial charge in [-0.1, -0.05) is 26.2 Å². The summed E-state index contributed by atoms with van der Waals surface area (Å²) in [7, 11) is 0. The van der Waals surface area contributed by atoms with E-state index in [0.29, 0.717) is 11.8 Å². The molecule has 2 fully saturated rings. The molecule has 6 nitrogen and oxygen atoms in total. The van der Waals surface area contributed by atoms with Crippen LogP contribution in [0.1, 0.15) is 57.3 Å². The molecule has 0 radical (unpaired) electrons. The van der Waals surface area contributed by atoms with E-state index in [2.05, 4.69) is 27.4 Å². The first-order valence-corrected chi connectivity index (χ1v) is 12.3. The van der Waals surface area contributed by atoms with Gasteiger partial charge in [0.15, 0.2) is 5.65 Å². The fourth-order valence-electron chi connectivity index (χ4n) is 4.66. The summed E-state index contributed by atoms with van der Waals surface area (Å²) in [6.07, 6.45) is 9.36. The lowest BCUT2D eigenvalue weighted by Gasteiger charge is -2.34. The van der Waals surface area contributed by atoms with Crippen LogP contribution in [-0.2, 0) is 10.5 Å². The van der Waals surface area contributed by atoms with Crippen LogP contribution in [0.4, 0.5) is 0 Å². The Morgan fingerprint density at radius 3 is 2.72 bits per heavy atom. The molecule has 0 unspecified atom stereocenters. The number of imidazole rings is 1. The van der Waals surface area contributed by atoms with Crippen LogP contribution in [-0.4, -0.2) is 68.7 Å². The predicted octanol–water partition coefficient (Wildman–Crippen LogP) is 3.72. The van der Waals surface area contributed by atoms with Gasteiger partial charge < -0.3 is 9.47 Å². The van der Waals surface area contributed by atoms with Crippen molar-refractivity contribution in [3.63, 3.8) is 0 Å². The van der Waals surface area contributed by atoms with Crippen LogP contribution in [0.15, 0.2) is 18.3 Å². The number of fused-ring (bicyclic) bond motifs is 1. The van der Waals surface area contributed by atoms with E-state index >= 15 is 0 Å². The number of thioether (sulfide) groups is 1. The molecule has 1 saturated heterocycles. The number of nitrogens with zero attached hydrogens (tertiary/aromatic N) is 5. The molecule has 2 aliphatic rings. The number of rotatable bonds is 7. The SMILES string of the molecule is CCCN1CCN(C(=O)CSCc2nc3cccnc3n2C2CCCCC2)CC1. The van der Waals surface area contributed by atoms with Crippen LogP contribution in [0.3, 0.4) is 0 Å². The van der Waals surface area contributed by atoms with Crippen LogP contribution >= 0.6 is 11.8 Å². The van der Waals surface area contributed by atoms with Gasteiger partial charge in [-0.05, 0) is 37.9 Å². The monoisotopic (exact) mass is 415 g/mol. The Bertz CT molecular complexity index is 809. The van der Waals surface area contributed by atoms with Gasteiger partial charge in [0.05, 0.1) is 11.5 Å². The van der Waals surface area contributed by atoms with Gasteiger partial charge in [0.25, 0.3) is 0 Å². The van der Waals surface area contributed by atoms with E-state index in [0.717, 1.165) is 55.5 Å². The first kappa shape index (κ1) is 20.7. The molecule has 0 N–H and O–H groups in total. The number of piperazine rings is 1. The highest BCUT2D eigenvalue weighted by atomic mass is 32.2. The number of carbonyl (C=O) groups excluding carboxylic acids is 1. The quantitative estimate of drug-likeness (QED) is 0.690. The number of amides is 1. The number of pyridine rings is 1. The molecule has 1 aliphatic carbocycles. The summed E-state index contributed by atoms with van der Waals surface area (Å²) in [6.45, 7) is 7.10. The molecule has 29 heavy (non-hydrogen) atoms. The third-order valence-electron chi connectivity index (χ3n) is 6.18. The third-order valence-corrected chi connectivity index (χ3v) is 7.10. The zero-order valence-corrected chi connectivity index (χ0v) is 18.4. The van der Waals surface area contributed by atoms with Crippen LogP contribution < -0.4 is 0 Å². The Hall–Kier alpha value is -1.60. The number of hydrogen-bond acceptors (Lipinski definition) is 5. The summed E-state index contributed by atoms with van der Waals surface area (Å²) in [4.78, 5) is 26.6. The maximum absolute atomic E-state index is 12.7. The lowest BCUT2D eigenvalue weighted by molar-refractivity contribution is -0.130. The smallest absolute Gasteiger partial charge is 0.232 e. The Morgan fingerprint density at radius 2 is 1.97 bits per heavy atom. The van der Waals surface area contributed by atoms with E-state index < -0.39 is 0 Å². The first-order chi connectivity index (χ1) is 14.3. The second-order valence-corrected chi connectivity index (χ2v) is 9.24. The van der Waals surface area contributed by atoms with Gasteiger partial charge in [0, 0.05) is 38.4 Å². The fourth-order valence-corrected chi connectivity index (χ4v) is 5.50. The van der Waals surface area contributed by atoms with Crippen molar-refractivity contribution >= 4 is 28.8 Å². The summed E-state index contributed by atoms with van der Waals surface area (Å²) in [5, 5.41) is 0. The van der Waals surface area contributed by atoms with Crippen molar-refractivity contribution in [2.75, 3.05) is 38.5 Å². The Kier molecular flexibility index (Phi) is 7.08. The van der Waals surface area contributed by atoms with Crippen molar-refractivity contribution in [1.29, 1.82) is 0 Å². The number of aromatic nitrogens is 3. The molecule has 158 valence electrons. The van der Waals surface area contributed by atoms with Gasteiger partial charge >= 0.3 is 0 Å². The molecule has 0 aromatic carbocycles.